The van der Waals surface area contributed by atoms with Crippen LogP contribution in [0.4, 0.5) is 14.5 Å². The molecule has 1 saturated carbocycles. The first-order valence-corrected chi connectivity index (χ1v) is 13.9. The van der Waals surface area contributed by atoms with Gasteiger partial charge in [-0.25, -0.2) is 17.2 Å². The number of benzene rings is 4. The van der Waals surface area contributed by atoms with Gasteiger partial charge in [0.25, 0.3) is 0 Å². The number of rotatable bonds is 9. The van der Waals surface area contributed by atoms with Crippen molar-refractivity contribution in [2.24, 2.45) is 5.92 Å². The molecule has 1 amide bonds. The van der Waals surface area contributed by atoms with E-state index in [1.807, 2.05) is 0 Å². The Morgan fingerprint density at radius 3 is 2.29 bits per heavy atom. The fourth-order valence-electron chi connectivity index (χ4n) is 4.11. The number of hydrogen-bond donors (Lipinski definition) is 1. The molecule has 0 atom stereocenters. The van der Waals surface area contributed by atoms with E-state index in [-0.39, 0.29) is 40.5 Å². The molecule has 0 aliphatic heterocycles. The number of nitrogens with one attached hydrogen (secondary N) is 1. The number of amides is 1. The Hall–Kier alpha value is -4.04. The topological polar surface area (TPSA) is 72.5 Å². The SMILES string of the molecule is O=C(Cc1ccc(S(=O)(=O)CC2CC2)cc1)Nc1ccc(-c2ccc(F)cc2)c(Oc2cccc(F)c2)c1. The van der Waals surface area contributed by atoms with Crippen molar-refractivity contribution in [3.63, 3.8) is 0 Å². The fourth-order valence-corrected chi connectivity index (χ4v) is 5.80. The lowest BCUT2D eigenvalue weighted by molar-refractivity contribution is -0.115. The first-order chi connectivity index (χ1) is 18.2. The maximum atomic E-state index is 13.7. The zero-order chi connectivity index (χ0) is 26.7. The fraction of sp³-hybridized carbons (Fsp3) is 0.167. The zero-order valence-corrected chi connectivity index (χ0v) is 21.2. The standard InChI is InChI=1S/C30H25F2NO4S/c31-23-10-8-22(9-11-23)28-15-12-25(18-29(28)37-26-3-1-2-24(32)17-26)33-30(34)16-20-6-13-27(14-7-20)38(35,36)19-21-4-5-21/h1-3,6-15,17-18,21H,4-5,16,19H2,(H,33,34). The molecule has 0 unspecified atom stereocenters. The molecule has 0 saturated heterocycles. The third-order valence-corrected chi connectivity index (χ3v) is 8.14. The summed E-state index contributed by atoms with van der Waals surface area (Å²) < 4.78 is 58.1. The van der Waals surface area contributed by atoms with Crippen LogP contribution in [0.15, 0.2) is 95.9 Å². The van der Waals surface area contributed by atoms with Crippen LogP contribution in [0.1, 0.15) is 18.4 Å². The lowest BCUT2D eigenvalue weighted by atomic mass is 10.0. The van der Waals surface area contributed by atoms with Gasteiger partial charge in [0.05, 0.1) is 17.1 Å². The summed E-state index contributed by atoms with van der Waals surface area (Å²) in [5, 5.41) is 2.82. The van der Waals surface area contributed by atoms with Gasteiger partial charge in [0, 0.05) is 23.4 Å². The Morgan fingerprint density at radius 1 is 0.868 bits per heavy atom. The number of anilines is 1. The second-order valence-corrected chi connectivity index (χ2v) is 11.4. The maximum absolute atomic E-state index is 13.7. The van der Waals surface area contributed by atoms with Gasteiger partial charge < -0.3 is 10.1 Å². The number of carbonyl (C=O) groups is 1. The monoisotopic (exact) mass is 533 g/mol. The van der Waals surface area contributed by atoms with Crippen molar-refractivity contribution in [1.82, 2.24) is 0 Å². The summed E-state index contributed by atoms with van der Waals surface area (Å²) in [7, 11) is -3.31. The van der Waals surface area contributed by atoms with E-state index in [1.165, 1.54) is 30.3 Å². The van der Waals surface area contributed by atoms with Gasteiger partial charge in [-0.1, -0.05) is 30.3 Å². The van der Waals surface area contributed by atoms with Crippen molar-refractivity contribution in [2.45, 2.75) is 24.2 Å². The molecule has 0 spiro atoms. The number of sulfone groups is 1. The average molecular weight is 534 g/mol. The third-order valence-electron chi connectivity index (χ3n) is 6.24. The van der Waals surface area contributed by atoms with Crippen LogP contribution in [0.2, 0.25) is 0 Å². The molecule has 4 aromatic rings. The van der Waals surface area contributed by atoms with Crippen molar-refractivity contribution in [1.29, 1.82) is 0 Å². The molecule has 1 aliphatic rings. The molecule has 0 radical (unpaired) electrons. The van der Waals surface area contributed by atoms with E-state index >= 15 is 0 Å². The molecular formula is C30H25F2NO4S. The van der Waals surface area contributed by atoms with Gasteiger partial charge >= 0.3 is 0 Å². The minimum atomic E-state index is -3.31. The summed E-state index contributed by atoms with van der Waals surface area (Å²) in [6, 6.07) is 23.0. The molecule has 0 bridgehead atoms. The van der Waals surface area contributed by atoms with Crippen LogP contribution < -0.4 is 10.1 Å². The summed E-state index contributed by atoms with van der Waals surface area (Å²) >= 11 is 0. The van der Waals surface area contributed by atoms with Crippen molar-refractivity contribution in [2.75, 3.05) is 11.1 Å². The maximum Gasteiger partial charge on any atom is 0.228 e. The Morgan fingerprint density at radius 2 is 1.61 bits per heavy atom. The van der Waals surface area contributed by atoms with E-state index < -0.39 is 15.7 Å². The van der Waals surface area contributed by atoms with Gasteiger partial charge in [0.15, 0.2) is 9.84 Å². The van der Waals surface area contributed by atoms with Gasteiger partial charge in [-0.3, -0.25) is 4.79 Å². The van der Waals surface area contributed by atoms with Crippen LogP contribution in [0.25, 0.3) is 11.1 Å². The summed E-state index contributed by atoms with van der Waals surface area (Å²) in [6.45, 7) is 0. The lowest BCUT2D eigenvalue weighted by Gasteiger charge is -2.14. The minimum Gasteiger partial charge on any atom is -0.457 e. The molecule has 8 heteroatoms. The molecule has 5 rings (SSSR count). The largest absolute Gasteiger partial charge is 0.457 e. The van der Waals surface area contributed by atoms with E-state index in [0.29, 0.717) is 28.1 Å². The zero-order valence-electron chi connectivity index (χ0n) is 20.4. The molecule has 1 N–H and O–H groups in total. The van der Waals surface area contributed by atoms with Crippen LogP contribution in [-0.4, -0.2) is 20.1 Å². The van der Waals surface area contributed by atoms with Crippen LogP contribution in [0, 0.1) is 17.6 Å². The van der Waals surface area contributed by atoms with E-state index in [2.05, 4.69) is 5.32 Å². The Balaban J connectivity index is 1.33. The number of carbonyl (C=O) groups excluding carboxylic acids is 1. The second kappa shape index (κ2) is 10.8. The summed E-state index contributed by atoms with van der Waals surface area (Å²) in [5.41, 5.74) is 2.45. The van der Waals surface area contributed by atoms with Crippen LogP contribution in [-0.2, 0) is 21.1 Å². The average Bonchev–Trinajstić information content (AvgIpc) is 3.69. The summed E-state index contributed by atoms with van der Waals surface area (Å²) in [5.74, 6) is -0.0837. The molecule has 4 aromatic carbocycles. The van der Waals surface area contributed by atoms with Crippen LogP contribution in [0.5, 0.6) is 11.5 Å². The molecule has 0 aromatic heterocycles. The first-order valence-electron chi connectivity index (χ1n) is 12.2. The highest BCUT2D eigenvalue weighted by atomic mass is 32.2. The quantitative estimate of drug-likeness (QED) is 0.257. The van der Waals surface area contributed by atoms with Crippen molar-refractivity contribution >= 4 is 21.4 Å². The van der Waals surface area contributed by atoms with Gasteiger partial charge in [-0.15, -0.1) is 0 Å². The van der Waals surface area contributed by atoms with Gasteiger partial charge in [-0.2, -0.15) is 0 Å². The number of ether oxygens (including phenoxy) is 1. The summed E-state index contributed by atoms with van der Waals surface area (Å²) in [4.78, 5) is 13.0. The Kier molecular flexibility index (Phi) is 7.24. The first kappa shape index (κ1) is 25.6. The van der Waals surface area contributed by atoms with Crippen molar-refractivity contribution in [3.8, 4) is 22.6 Å². The van der Waals surface area contributed by atoms with Gasteiger partial charge in [0.2, 0.25) is 5.91 Å². The van der Waals surface area contributed by atoms with E-state index in [0.717, 1.165) is 12.8 Å². The smallest absolute Gasteiger partial charge is 0.228 e. The molecule has 194 valence electrons. The molecule has 38 heavy (non-hydrogen) atoms. The minimum absolute atomic E-state index is 0.0444. The van der Waals surface area contributed by atoms with E-state index in [4.69, 9.17) is 4.74 Å². The highest BCUT2D eigenvalue weighted by Gasteiger charge is 2.29. The molecule has 1 fully saturated rings. The lowest BCUT2D eigenvalue weighted by Crippen LogP contribution is -2.14. The van der Waals surface area contributed by atoms with Gasteiger partial charge in [-0.05, 0) is 78.4 Å². The predicted molar refractivity (Wildman–Crippen MR) is 142 cm³/mol. The molecule has 1 aliphatic carbocycles. The highest BCUT2D eigenvalue weighted by molar-refractivity contribution is 7.91. The predicted octanol–water partition coefficient (Wildman–Crippen LogP) is 6.79. The van der Waals surface area contributed by atoms with E-state index in [1.54, 1.807) is 60.7 Å². The Labute approximate surface area is 220 Å². The third kappa shape index (κ3) is 6.44. The second-order valence-electron chi connectivity index (χ2n) is 9.37. The summed E-state index contributed by atoms with van der Waals surface area (Å²) in [6.07, 6.45) is 1.96. The molecular weight excluding hydrogens is 508 g/mol. The van der Waals surface area contributed by atoms with E-state index in [9.17, 15) is 22.0 Å². The number of hydrogen-bond acceptors (Lipinski definition) is 4. The Bertz CT molecular complexity index is 1570. The van der Waals surface area contributed by atoms with Crippen LogP contribution >= 0.6 is 0 Å². The van der Waals surface area contributed by atoms with Crippen LogP contribution in [0.3, 0.4) is 0 Å². The van der Waals surface area contributed by atoms with Crippen molar-refractivity contribution in [3.05, 3.63) is 108 Å². The van der Waals surface area contributed by atoms with Crippen molar-refractivity contribution < 1.29 is 26.7 Å². The van der Waals surface area contributed by atoms with Gasteiger partial charge in [0.1, 0.15) is 23.1 Å². The normalized spacial score (nSPS) is 13.2. The molecule has 0 heterocycles. The highest BCUT2D eigenvalue weighted by Crippen LogP contribution is 2.36. The number of halogens is 2. The molecule has 5 nitrogen and oxygen atoms in total.